The quantitative estimate of drug-likeness (QED) is 0.885. The van der Waals surface area contributed by atoms with Crippen molar-refractivity contribution in [3.05, 3.63) is 42.0 Å². The molecule has 0 spiro atoms. The minimum absolute atomic E-state index is 0.220. The fourth-order valence-electron chi connectivity index (χ4n) is 3.56. The summed E-state index contributed by atoms with van der Waals surface area (Å²) in [7, 11) is 1.60. The van der Waals surface area contributed by atoms with Crippen molar-refractivity contribution in [3.8, 4) is 5.75 Å². The maximum absolute atomic E-state index is 12.4. The summed E-state index contributed by atoms with van der Waals surface area (Å²) >= 11 is 0. The predicted octanol–water partition coefficient (Wildman–Crippen LogP) is 2.82. The molecule has 0 aromatic heterocycles. The number of hydrogen-bond donors (Lipinski definition) is 2. The number of benzene rings is 2. The highest BCUT2D eigenvalue weighted by Crippen LogP contribution is 2.58. The van der Waals surface area contributed by atoms with E-state index in [1.807, 2.05) is 50.2 Å². The van der Waals surface area contributed by atoms with Crippen molar-refractivity contribution < 1.29 is 19.4 Å². The van der Waals surface area contributed by atoms with Crippen molar-refractivity contribution in [3.63, 3.8) is 0 Å². The van der Waals surface area contributed by atoms with Gasteiger partial charge in [0.2, 0.25) is 5.91 Å². The van der Waals surface area contributed by atoms with E-state index < -0.39 is 23.2 Å². The summed E-state index contributed by atoms with van der Waals surface area (Å²) in [5.74, 6) is -1.54. The molecule has 0 saturated heterocycles. The lowest BCUT2D eigenvalue weighted by Crippen LogP contribution is -2.27. The van der Waals surface area contributed by atoms with Crippen LogP contribution in [0.3, 0.4) is 0 Å². The zero-order chi connectivity index (χ0) is 17.5. The molecule has 1 saturated carbocycles. The molecule has 1 aliphatic rings. The Bertz CT molecular complexity index is 812. The van der Waals surface area contributed by atoms with E-state index in [1.165, 1.54) is 0 Å². The molecule has 1 fully saturated rings. The number of carbonyl (C=O) groups is 2. The zero-order valence-electron chi connectivity index (χ0n) is 14.0. The molecule has 2 N–H and O–H groups in total. The average molecular weight is 327 g/mol. The maximum Gasteiger partial charge on any atom is 0.307 e. The number of hydrogen-bond acceptors (Lipinski definition) is 3. The number of fused-ring (bicyclic) bond motifs is 1. The van der Waals surface area contributed by atoms with Crippen LogP contribution in [-0.4, -0.2) is 24.1 Å². The van der Waals surface area contributed by atoms with Crippen LogP contribution in [0.25, 0.3) is 10.8 Å². The van der Waals surface area contributed by atoms with Crippen molar-refractivity contribution in [2.45, 2.75) is 20.4 Å². The molecule has 1 aliphatic carbocycles. The lowest BCUT2D eigenvalue weighted by Gasteiger charge is -2.13. The van der Waals surface area contributed by atoms with Gasteiger partial charge in [0, 0.05) is 12.1 Å². The van der Waals surface area contributed by atoms with E-state index in [-0.39, 0.29) is 5.91 Å². The topological polar surface area (TPSA) is 75.6 Å². The van der Waals surface area contributed by atoms with Crippen LogP contribution in [-0.2, 0) is 16.1 Å². The van der Waals surface area contributed by atoms with Crippen molar-refractivity contribution in [1.29, 1.82) is 0 Å². The second kappa shape index (κ2) is 5.82. The summed E-state index contributed by atoms with van der Waals surface area (Å²) in [4.78, 5) is 23.7. The number of methoxy groups -OCH3 is 1. The van der Waals surface area contributed by atoms with Gasteiger partial charge in [0.1, 0.15) is 5.75 Å². The van der Waals surface area contributed by atoms with Gasteiger partial charge in [-0.05, 0) is 22.3 Å². The Morgan fingerprint density at radius 2 is 1.88 bits per heavy atom. The first-order chi connectivity index (χ1) is 11.4. The predicted molar refractivity (Wildman–Crippen MR) is 90.7 cm³/mol. The Morgan fingerprint density at radius 3 is 2.50 bits per heavy atom. The van der Waals surface area contributed by atoms with Crippen molar-refractivity contribution in [2.24, 2.45) is 17.3 Å². The number of carboxylic acid groups (broad SMARTS) is 1. The average Bonchev–Trinajstić information content (AvgIpc) is 3.15. The number of nitrogens with one attached hydrogen (secondary N) is 1. The molecule has 0 aliphatic heterocycles. The summed E-state index contributed by atoms with van der Waals surface area (Å²) in [5.41, 5.74) is 0.396. The molecule has 126 valence electrons. The van der Waals surface area contributed by atoms with Crippen LogP contribution in [0.4, 0.5) is 0 Å². The zero-order valence-corrected chi connectivity index (χ0v) is 14.0. The molecular formula is C19H21NO4. The van der Waals surface area contributed by atoms with Crippen molar-refractivity contribution >= 4 is 22.6 Å². The first-order valence-corrected chi connectivity index (χ1v) is 7.93. The molecule has 5 heteroatoms. The summed E-state index contributed by atoms with van der Waals surface area (Å²) in [6.45, 7) is 3.94. The molecule has 0 bridgehead atoms. The highest BCUT2D eigenvalue weighted by molar-refractivity contribution is 5.92. The summed E-state index contributed by atoms with van der Waals surface area (Å²) < 4.78 is 5.42. The molecular weight excluding hydrogens is 306 g/mol. The van der Waals surface area contributed by atoms with Gasteiger partial charge in [-0.25, -0.2) is 0 Å². The van der Waals surface area contributed by atoms with Gasteiger partial charge < -0.3 is 15.2 Å². The molecule has 0 heterocycles. The number of carboxylic acids is 1. The molecule has 2 aromatic rings. The smallest absolute Gasteiger partial charge is 0.307 e. The van der Waals surface area contributed by atoms with Gasteiger partial charge >= 0.3 is 5.97 Å². The fraction of sp³-hybridized carbons (Fsp3) is 0.368. The third-order valence-corrected chi connectivity index (χ3v) is 5.03. The van der Waals surface area contributed by atoms with E-state index in [1.54, 1.807) is 7.11 Å². The SMILES string of the molecule is COc1ccc2ccccc2c1CNC(=O)[C@H]1[C@H](C(=O)O)C1(C)C. The monoisotopic (exact) mass is 327 g/mol. The number of aliphatic carboxylic acids is 1. The van der Waals surface area contributed by atoms with Crippen LogP contribution in [0, 0.1) is 17.3 Å². The summed E-state index contributed by atoms with van der Waals surface area (Å²) in [6, 6.07) is 11.7. The Labute approximate surface area is 140 Å². The Kier molecular flexibility index (Phi) is 3.95. The molecule has 1 amide bonds. The largest absolute Gasteiger partial charge is 0.496 e. The van der Waals surface area contributed by atoms with Gasteiger partial charge in [0.05, 0.1) is 18.9 Å². The van der Waals surface area contributed by atoms with E-state index in [0.29, 0.717) is 12.3 Å². The molecule has 24 heavy (non-hydrogen) atoms. The summed E-state index contributed by atoms with van der Waals surface area (Å²) in [6.07, 6.45) is 0. The highest BCUT2D eigenvalue weighted by atomic mass is 16.5. The van der Waals surface area contributed by atoms with Crippen LogP contribution in [0.1, 0.15) is 19.4 Å². The maximum atomic E-state index is 12.4. The van der Waals surface area contributed by atoms with Gasteiger partial charge in [-0.1, -0.05) is 44.2 Å². The van der Waals surface area contributed by atoms with Crippen molar-refractivity contribution in [1.82, 2.24) is 5.32 Å². The minimum atomic E-state index is -0.914. The molecule has 2 aromatic carbocycles. The van der Waals surface area contributed by atoms with Gasteiger partial charge in [0.15, 0.2) is 0 Å². The van der Waals surface area contributed by atoms with Gasteiger partial charge in [0.25, 0.3) is 0 Å². The normalized spacial score (nSPS) is 21.3. The second-order valence-corrected chi connectivity index (χ2v) is 6.80. The lowest BCUT2D eigenvalue weighted by molar-refractivity contribution is -0.140. The second-order valence-electron chi connectivity index (χ2n) is 6.80. The molecule has 5 nitrogen and oxygen atoms in total. The third kappa shape index (κ3) is 2.60. The van der Waals surface area contributed by atoms with E-state index in [2.05, 4.69) is 5.32 Å². The Balaban J connectivity index is 1.81. The Hall–Kier alpha value is -2.56. The van der Waals surface area contributed by atoms with E-state index in [4.69, 9.17) is 4.74 Å². The van der Waals surface area contributed by atoms with Gasteiger partial charge in [-0.15, -0.1) is 0 Å². The summed E-state index contributed by atoms with van der Waals surface area (Å²) in [5, 5.41) is 14.2. The Morgan fingerprint density at radius 1 is 1.17 bits per heavy atom. The van der Waals surface area contributed by atoms with Crippen LogP contribution < -0.4 is 10.1 Å². The number of amides is 1. The van der Waals surface area contributed by atoms with Crippen LogP contribution in [0.2, 0.25) is 0 Å². The van der Waals surface area contributed by atoms with Gasteiger partial charge in [-0.3, -0.25) is 9.59 Å². The fourth-order valence-corrected chi connectivity index (χ4v) is 3.56. The van der Waals surface area contributed by atoms with Crippen molar-refractivity contribution in [2.75, 3.05) is 7.11 Å². The first-order valence-electron chi connectivity index (χ1n) is 7.93. The van der Waals surface area contributed by atoms with Crippen LogP contribution in [0.5, 0.6) is 5.75 Å². The van der Waals surface area contributed by atoms with E-state index in [9.17, 15) is 14.7 Å². The van der Waals surface area contributed by atoms with E-state index >= 15 is 0 Å². The van der Waals surface area contributed by atoms with Crippen LogP contribution in [0.15, 0.2) is 36.4 Å². The third-order valence-electron chi connectivity index (χ3n) is 5.03. The highest BCUT2D eigenvalue weighted by Gasteiger charge is 2.65. The number of rotatable bonds is 5. The minimum Gasteiger partial charge on any atom is -0.496 e. The standard InChI is InChI=1S/C19H21NO4/c1-19(2)15(16(19)18(22)23)17(21)20-10-13-12-7-5-4-6-11(12)8-9-14(13)24-3/h4-9,15-16H,10H2,1-3H3,(H,20,21)(H,22,23)/t15-,16-/m1/s1. The van der Waals surface area contributed by atoms with Gasteiger partial charge in [-0.2, -0.15) is 0 Å². The molecule has 0 unspecified atom stereocenters. The molecule has 0 radical (unpaired) electrons. The number of carbonyl (C=O) groups excluding carboxylic acids is 1. The lowest BCUT2D eigenvalue weighted by atomic mass is 10.0. The van der Waals surface area contributed by atoms with E-state index in [0.717, 1.165) is 16.3 Å². The molecule has 2 atom stereocenters. The first kappa shape index (κ1) is 16.3. The molecule has 3 rings (SSSR count). The van der Waals surface area contributed by atoms with Crippen LogP contribution >= 0.6 is 0 Å². The number of ether oxygens (including phenoxy) is 1.